The number of nitrogens with zero attached hydrogens (tertiary/aromatic N) is 2. The van der Waals surface area contributed by atoms with Crippen LogP contribution in [0.25, 0.3) is 11.1 Å². The molecular formula is C12H13ClN4. The molecule has 0 aliphatic heterocycles. The summed E-state index contributed by atoms with van der Waals surface area (Å²) in [5.41, 5.74) is 7.38. The van der Waals surface area contributed by atoms with E-state index in [1.54, 1.807) is 12.4 Å². The van der Waals surface area contributed by atoms with E-state index in [9.17, 15) is 0 Å². The maximum Gasteiger partial charge on any atom is 0.222 e. The summed E-state index contributed by atoms with van der Waals surface area (Å²) in [7, 11) is 0. The van der Waals surface area contributed by atoms with E-state index in [4.69, 9.17) is 17.3 Å². The van der Waals surface area contributed by atoms with Gasteiger partial charge in [-0.05, 0) is 17.7 Å². The van der Waals surface area contributed by atoms with E-state index in [1.165, 1.54) is 0 Å². The zero-order valence-corrected chi connectivity index (χ0v) is 9.98. The van der Waals surface area contributed by atoms with Crippen molar-refractivity contribution in [2.24, 2.45) is 5.73 Å². The second kappa shape index (κ2) is 5.61. The molecular weight excluding hydrogens is 236 g/mol. The molecule has 0 aliphatic carbocycles. The molecule has 0 saturated heterocycles. The van der Waals surface area contributed by atoms with Crippen LogP contribution in [0.4, 0.5) is 5.95 Å². The SMILES string of the molecule is NCCNc1ncc(-c2ccc(Cl)cc2)cn1. The summed E-state index contributed by atoms with van der Waals surface area (Å²) in [6.45, 7) is 1.22. The lowest BCUT2D eigenvalue weighted by molar-refractivity contribution is 0.990. The third kappa shape index (κ3) is 3.15. The molecule has 0 aliphatic rings. The lowest BCUT2D eigenvalue weighted by atomic mass is 10.1. The predicted molar refractivity (Wildman–Crippen MR) is 70.0 cm³/mol. The number of aromatic nitrogens is 2. The van der Waals surface area contributed by atoms with E-state index < -0.39 is 0 Å². The van der Waals surface area contributed by atoms with Gasteiger partial charge in [0.1, 0.15) is 0 Å². The van der Waals surface area contributed by atoms with Crippen molar-refractivity contribution in [2.45, 2.75) is 0 Å². The minimum absolute atomic E-state index is 0.558. The van der Waals surface area contributed by atoms with Crippen LogP contribution >= 0.6 is 11.6 Å². The summed E-state index contributed by atoms with van der Waals surface area (Å²) < 4.78 is 0. The van der Waals surface area contributed by atoms with Crippen LogP contribution in [-0.2, 0) is 0 Å². The maximum absolute atomic E-state index is 5.83. The fraction of sp³-hybridized carbons (Fsp3) is 0.167. The molecule has 0 spiro atoms. The van der Waals surface area contributed by atoms with Crippen LogP contribution in [0.3, 0.4) is 0 Å². The smallest absolute Gasteiger partial charge is 0.222 e. The molecule has 17 heavy (non-hydrogen) atoms. The highest BCUT2D eigenvalue weighted by Gasteiger charge is 1.99. The highest BCUT2D eigenvalue weighted by Crippen LogP contribution is 2.20. The Kier molecular flexibility index (Phi) is 3.90. The van der Waals surface area contributed by atoms with Gasteiger partial charge in [-0.1, -0.05) is 23.7 Å². The average molecular weight is 249 g/mol. The molecule has 1 aromatic heterocycles. The van der Waals surface area contributed by atoms with Crippen LogP contribution in [0.1, 0.15) is 0 Å². The van der Waals surface area contributed by atoms with Gasteiger partial charge in [0.15, 0.2) is 0 Å². The maximum atomic E-state index is 5.83. The quantitative estimate of drug-likeness (QED) is 0.871. The van der Waals surface area contributed by atoms with Gasteiger partial charge in [-0.15, -0.1) is 0 Å². The Labute approximate surface area is 105 Å². The zero-order valence-electron chi connectivity index (χ0n) is 9.23. The summed E-state index contributed by atoms with van der Waals surface area (Å²) in [6.07, 6.45) is 3.55. The Morgan fingerprint density at radius 1 is 1.06 bits per heavy atom. The molecule has 1 aromatic carbocycles. The third-order valence-electron chi connectivity index (χ3n) is 2.26. The van der Waals surface area contributed by atoms with Gasteiger partial charge in [0, 0.05) is 36.1 Å². The van der Waals surface area contributed by atoms with Crippen molar-refractivity contribution in [3.05, 3.63) is 41.7 Å². The van der Waals surface area contributed by atoms with E-state index in [1.807, 2.05) is 24.3 Å². The van der Waals surface area contributed by atoms with Crippen molar-refractivity contribution < 1.29 is 0 Å². The first-order chi connectivity index (χ1) is 8.29. The van der Waals surface area contributed by atoms with Crippen molar-refractivity contribution >= 4 is 17.5 Å². The molecule has 0 saturated carbocycles. The monoisotopic (exact) mass is 248 g/mol. The van der Waals surface area contributed by atoms with Crippen LogP contribution in [0.15, 0.2) is 36.7 Å². The summed E-state index contributed by atoms with van der Waals surface area (Å²) >= 11 is 5.83. The molecule has 5 heteroatoms. The van der Waals surface area contributed by atoms with E-state index in [-0.39, 0.29) is 0 Å². The third-order valence-corrected chi connectivity index (χ3v) is 2.51. The number of anilines is 1. The Morgan fingerprint density at radius 2 is 1.71 bits per heavy atom. The van der Waals surface area contributed by atoms with Gasteiger partial charge >= 0.3 is 0 Å². The number of benzene rings is 1. The van der Waals surface area contributed by atoms with Crippen LogP contribution in [0.5, 0.6) is 0 Å². The van der Waals surface area contributed by atoms with E-state index in [0.29, 0.717) is 19.0 Å². The molecule has 1 heterocycles. The second-order valence-electron chi connectivity index (χ2n) is 3.52. The first-order valence-electron chi connectivity index (χ1n) is 5.31. The Hall–Kier alpha value is -1.65. The summed E-state index contributed by atoms with van der Waals surface area (Å²) in [6, 6.07) is 7.57. The van der Waals surface area contributed by atoms with Crippen molar-refractivity contribution in [1.82, 2.24) is 9.97 Å². The van der Waals surface area contributed by atoms with Gasteiger partial charge in [0.25, 0.3) is 0 Å². The number of rotatable bonds is 4. The van der Waals surface area contributed by atoms with Gasteiger partial charge in [-0.25, -0.2) is 9.97 Å². The fourth-order valence-electron chi connectivity index (χ4n) is 1.39. The standard InChI is InChI=1S/C12H13ClN4/c13-11-3-1-9(2-4-11)10-7-16-12(17-8-10)15-6-5-14/h1-4,7-8H,5-6,14H2,(H,15,16,17). The van der Waals surface area contributed by atoms with Crippen molar-refractivity contribution in [3.8, 4) is 11.1 Å². The van der Waals surface area contributed by atoms with Gasteiger partial charge in [-0.2, -0.15) is 0 Å². The van der Waals surface area contributed by atoms with Crippen LogP contribution in [0.2, 0.25) is 5.02 Å². The lowest BCUT2D eigenvalue weighted by Crippen LogP contribution is -2.14. The molecule has 4 nitrogen and oxygen atoms in total. The molecule has 0 atom stereocenters. The largest absolute Gasteiger partial charge is 0.353 e. The number of hydrogen-bond acceptors (Lipinski definition) is 4. The Bertz CT molecular complexity index is 467. The normalized spacial score (nSPS) is 10.2. The molecule has 0 radical (unpaired) electrons. The summed E-state index contributed by atoms with van der Waals surface area (Å²) in [5, 5.41) is 3.73. The number of nitrogens with one attached hydrogen (secondary N) is 1. The second-order valence-corrected chi connectivity index (χ2v) is 3.95. The molecule has 2 rings (SSSR count). The van der Waals surface area contributed by atoms with Crippen LogP contribution in [-0.4, -0.2) is 23.1 Å². The van der Waals surface area contributed by atoms with Gasteiger partial charge in [0.05, 0.1) is 0 Å². The minimum Gasteiger partial charge on any atom is -0.353 e. The lowest BCUT2D eigenvalue weighted by Gasteiger charge is -2.04. The molecule has 0 bridgehead atoms. The van der Waals surface area contributed by atoms with E-state index in [0.717, 1.165) is 16.1 Å². The van der Waals surface area contributed by atoms with Crippen molar-refractivity contribution in [1.29, 1.82) is 0 Å². The molecule has 2 aromatic rings. The number of hydrogen-bond donors (Lipinski definition) is 2. The number of nitrogens with two attached hydrogens (primary N) is 1. The topological polar surface area (TPSA) is 63.8 Å². The fourth-order valence-corrected chi connectivity index (χ4v) is 1.52. The molecule has 0 unspecified atom stereocenters. The Morgan fingerprint density at radius 3 is 2.29 bits per heavy atom. The highest BCUT2D eigenvalue weighted by atomic mass is 35.5. The summed E-state index contributed by atoms with van der Waals surface area (Å²) in [5.74, 6) is 0.591. The predicted octanol–water partition coefficient (Wildman–Crippen LogP) is 2.17. The first kappa shape index (κ1) is 11.8. The van der Waals surface area contributed by atoms with Crippen LogP contribution in [0, 0.1) is 0 Å². The Balaban J connectivity index is 2.14. The van der Waals surface area contributed by atoms with Crippen molar-refractivity contribution in [2.75, 3.05) is 18.4 Å². The average Bonchev–Trinajstić information content (AvgIpc) is 2.38. The van der Waals surface area contributed by atoms with E-state index in [2.05, 4.69) is 15.3 Å². The highest BCUT2D eigenvalue weighted by molar-refractivity contribution is 6.30. The van der Waals surface area contributed by atoms with Crippen molar-refractivity contribution in [3.63, 3.8) is 0 Å². The summed E-state index contributed by atoms with van der Waals surface area (Å²) in [4.78, 5) is 8.41. The minimum atomic E-state index is 0.558. The number of halogens is 1. The van der Waals surface area contributed by atoms with Gasteiger partial charge < -0.3 is 11.1 Å². The zero-order chi connectivity index (χ0) is 12.1. The van der Waals surface area contributed by atoms with Gasteiger partial charge in [-0.3, -0.25) is 0 Å². The first-order valence-corrected chi connectivity index (χ1v) is 5.69. The van der Waals surface area contributed by atoms with Crippen LogP contribution < -0.4 is 11.1 Å². The van der Waals surface area contributed by atoms with Gasteiger partial charge in [0.2, 0.25) is 5.95 Å². The molecule has 88 valence electrons. The molecule has 0 amide bonds. The van der Waals surface area contributed by atoms with E-state index >= 15 is 0 Å². The molecule has 3 N–H and O–H groups in total. The molecule has 0 fully saturated rings.